The number of aromatic nitrogens is 2. The molecule has 0 spiro atoms. The summed E-state index contributed by atoms with van der Waals surface area (Å²) in [5.41, 5.74) is 9.54. The molecule has 0 bridgehead atoms. The number of halogens is 1. The van der Waals surface area contributed by atoms with E-state index in [2.05, 4.69) is 91.8 Å². The van der Waals surface area contributed by atoms with Gasteiger partial charge in [0.1, 0.15) is 0 Å². The molecule has 1 atom stereocenters. The van der Waals surface area contributed by atoms with Gasteiger partial charge in [-0.25, -0.2) is 4.98 Å². The Labute approximate surface area is 197 Å². The van der Waals surface area contributed by atoms with E-state index < -0.39 is 0 Å². The fraction of sp³-hybridized carbons (Fsp3) is 0.321. The number of anilines is 1. The van der Waals surface area contributed by atoms with Crippen molar-refractivity contribution >= 4 is 29.1 Å². The number of fused-ring (bicyclic) bond motifs is 2. The Bertz CT molecular complexity index is 1240. The van der Waals surface area contributed by atoms with Gasteiger partial charge in [0.15, 0.2) is 5.82 Å². The van der Waals surface area contributed by atoms with Crippen molar-refractivity contribution in [2.24, 2.45) is 0 Å². The fourth-order valence-corrected chi connectivity index (χ4v) is 5.21. The van der Waals surface area contributed by atoms with E-state index in [4.69, 9.17) is 4.98 Å². The summed E-state index contributed by atoms with van der Waals surface area (Å²) in [6.07, 6.45) is 4.14. The number of aryl methyl sites for hydroxylation is 2. The Hall–Kier alpha value is -2.78. The molecule has 0 aliphatic carbocycles. The van der Waals surface area contributed by atoms with Crippen LogP contribution < -0.4 is 4.90 Å². The van der Waals surface area contributed by atoms with Gasteiger partial charge in [0.05, 0.1) is 11.6 Å². The van der Waals surface area contributed by atoms with Crippen LogP contribution in [0.4, 0.5) is 5.82 Å². The molecule has 1 unspecified atom stereocenters. The summed E-state index contributed by atoms with van der Waals surface area (Å²) >= 11 is 0. The van der Waals surface area contributed by atoms with Gasteiger partial charge in [-0.1, -0.05) is 61.0 Å². The number of nitrogens with zero attached hydrogens (tertiary/aromatic N) is 3. The molecule has 0 radical (unpaired) electrons. The highest BCUT2D eigenvalue weighted by Crippen LogP contribution is 2.39. The topological polar surface area (TPSA) is 21.1 Å². The molecule has 2 aromatic heterocycles. The van der Waals surface area contributed by atoms with Crippen LogP contribution in [0.25, 0.3) is 10.9 Å². The number of hydrogen-bond donors (Lipinski definition) is 0. The second-order valence-electron chi connectivity index (χ2n) is 8.88. The fourth-order valence-electron chi connectivity index (χ4n) is 5.21. The molecule has 2 aromatic carbocycles. The molecule has 3 nitrogen and oxygen atoms in total. The molecule has 0 amide bonds. The second-order valence-corrected chi connectivity index (χ2v) is 8.88. The highest BCUT2D eigenvalue weighted by Gasteiger charge is 2.29. The van der Waals surface area contributed by atoms with Crippen molar-refractivity contribution < 1.29 is 0 Å². The van der Waals surface area contributed by atoms with Crippen molar-refractivity contribution in [1.82, 2.24) is 9.55 Å². The lowest BCUT2D eigenvalue weighted by molar-refractivity contribution is 0.562. The Morgan fingerprint density at radius 3 is 2.47 bits per heavy atom. The summed E-state index contributed by atoms with van der Waals surface area (Å²) in [6.45, 7) is 10.8. The third kappa shape index (κ3) is 3.69. The molecule has 1 aliphatic rings. The average molecular weight is 446 g/mol. The van der Waals surface area contributed by atoms with E-state index in [9.17, 15) is 0 Å². The molecule has 4 heteroatoms. The number of pyridine rings is 1. The maximum Gasteiger partial charge on any atom is 0.153 e. The van der Waals surface area contributed by atoms with Crippen LogP contribution in [0.3, 0.4) is 0 Å². The molecule has 0 saturated heterocycles. The molecule has 0 fully saturated rings. The van der Waals surface area contributed by atoms with Gasteiger partial charge in [-0.2, -0.15) is 0 Å². The zero-order chi connectivity index (χ0) is 21.5. The van der Waals surface area contributed by atoms with Gasteiger partial charge >= 0.3 is 0 Å². The first-order valence-corrected chi connectivity index (χ1v) is 11.4. The van der Waals surface area contributed by atoms with Gasteiger partial charge in [-0.15, -0.1) is 12.4 Å². The lowest BCUT2D eigenvalue weighted by atomic mass is 9.91. The highest BCUT2D eigenvalue weighted by atomic mass is 35.5. The lowest BCUT2D eigenvalue weighted by Gasteiger charge is -2.38. The quantitative estimate of drug-likeness (QED) is 0.339. The Balaban J connectivity index is 0.00000245. The van der Waals surface area contributed by atoms with Crippen molar-refractivity contribution in [2.75, 3.05) is 11.4 Å². The normalized spacial score (nSPS) is 15.5. The molecule has 0 N–H and O–H groups in total. The van der Waals surface area contributed by atoms with E-state index in [1.54, 1.807) is 0 Å². The largest absolute Gasteiger partial charge is 0.347 e. The maximum absolute atomic E-state index is 4.98. The minimum atomic E-state index is 0. The van der Waals surface area contributed by atoms with Crippen LogP contribution in [0.2, 0.25) is 0 Å². The van der Waals surface area contributed by atoms with Gasteiger partial charge in [0.25, 0.3) is 0 Å². The zero-order valence-electron chi connectivity index (χ0n) is 19.4. The molecule has 3 heterocycles. The number of benzene rings is 2. The first-order chi connectivity index (χ1) is 15.1. The Morgan fingerprint density at radius 2 is 1.72 bits per heavy atom. The molecule has 5 rings (SSSR count). The van der Waals surface area contributed by atoms with Crippen molar-refractivity contribution in [1.29, 1.82) is 0 Å². The van der Waals surface area contributed by atoms with Crippen LogP contribution in [0.15, 0.2) is 60.8 Å². The van der Waals surface area contributed by atoms with Crippen LogP contribution in [0.1, 0.15) is 52.9 Å². The minimum Gasteiger partial charge on any atom is -0.347 e. The minimum absolute atomic E-state index is 0. The van der Waals surface area contributed by atoms with E-state index in [1.807, 2.05) is 6.20 Å². The first kappa shape index (κ1) is 22.4. The zero-order valence-corrected chi connectivity index (χ0v) is 20.2. The monoisotopic (exact) mass is 445 g/mol. The standard InChI is InChI=1S/C28H31N3.ClH/c1-5-26-25-9-7-6-8-23(25)15-17-30(26)28-27-24(14-16-29-28)20(3)21(4)31(27)18-22-12-10-19(2)11-13-22;/h6-14,16,26H,5,15,17-18H2,1-4H3;1H. The van der Waals surface area contributed by atoms with Crippen molar-refractivity contribution in [3.63, 3.8) is 0 Å². The summed E-state index contributed by atoms with van der Waals surface area (Å²) in [5, 5.41) is 1.32. The predicted octanol–water partition coefficient (Wildman–Crippen LogP) is 6.95. The summed E-state index contributed by atoms with van der Waals surface area (Å²) < 4.78 is 2.48. The van der Waals surface area contributed by atoms with Crippen LogP contribution in [-0.4, -0.2) is 16.1 Å². The molecule has 32 heavy (non-hydrogen) atoms. The van der Waals surface area contributed by atoms with Crippen LogP contribution >= 0.6 is 12.4 Å². The number of hydrogen-bond acceptors (Lipinski definition) is 2. The third-order valence-corrected chi connectivity index (χ3v) is 7.06. The molecule has 166 valence electrons. The Kier molecular flexibility index (Phi) is 6.30. The Morgan fingerprint density at radius 1 is 0.969 bits per heavy atom. The van der Waals surface area contributed by atoms with Gasteiger partial charge < -0.3 is 9.47 Å². The van der Waals surface area contributed by atoms with E-state index >= 15 is 0 Å². The van der Waals surface area contributed by atoms with E-state index in [0.717, 1.165) is 31.7 Å². The summed E-state index contributed by atoms with van der Waals surface area (Å²) in [7, 11) is 0. The molecular weight excluding hydrogens is 414 g/mol. The molecule has 4 aromatic rings. The number of rotatable bonds is 4. The van der Waals surface area contributed by atoms with Crippen molar-refractivity contribution in [3.8, 4) is 0 Å². The van der Waals surface area contributed by atoms with Gasteiger partial charge in [0.2, 0.25) is 0 Å². The molecule has 0 saturated carbocycles. The second kappa shape index (κ2) is 8.99. The maximum atomic E-state index is 4.98. The van der Waals surface area contributed by atoms with Crippen LogP contribution in [0.5, 0.6) is 0 Å². The average Bonchev–Trinajstić information content (AvgIpc) is 3.04. The smallest absolute Gasteiger partial charge is 0.153 e. The van der Waals surface area contributed by atoms with Crippen molar-refractivity contribution in [2.45, 2.75) is 53.1 Å². The van der Waals surface area contributed by atoms with Gasteiger partial charge in [-0.05, 0) is 61.9 Å². The summed E-state index contributed by atoms with van der Waals surface area (Å²) in [4.78, 5) is 7.53. The van der Waals surface area contributed by atoms with E-state index in [1.165, 1.54) is 44.4 Å². The molecule has 1 aliphatic heterocycles. The third-order valence-electron chi connectivity index (χ3n) is 7.06. The first-order valence-electron chi connectivity index (χ1n) is 11.4. The van der Waals surface area contributed by atoms with E-state index in [0.29, 0.717) is 6.04 Å². The molecular formula is C28H32ClN3. The predicted molar refractivity (Wildman–Crippen MR) is 137 cm³/mol. The van der Waals surface area contributed by atoms with Crippen LogP contribution in [0, 0.1) is 20.8 Å². The highest BCUT2D eigenvalue weighted by molar-refractivity contribution is 5.94. The van der Waals surface area contributed by atoms with Crippen molar-refractivity contribution in [3.05, 3.63) is 94.3 Å². The van der Waals surface area contributed by atoms with Crippen LogP contribution in [-0.2, 0) is 13.0 Å². The lowest BCUT2D eigenvalue weighted by Crippen LogP contribution is -2.36. The SMILES string of the molecule is CCC1c2ccccc2CCN1c1nccc2c(C)c(C)n(Cc3ccc(C)cc3)c12.Cl. The summed E-state index contributed by atoms with van der Waals surface area (Å²) in [6, 6.07) is 20.4. The van der Waals surface area contributed by atoms with Gasteiger partial charge in [-0.3, -0.25) is 0 Å². The van der Waals surface area contributed by atoms with E-state index in [-0.39, 0.29) is 12.4 Å². The summed E-state index contributed by atoms with van der Waals surface area (Å²) in [5.74, 6) is 1.13. The van der Waals surface area contributed by atoms with Gasteiger partial charge in [0, 0.05) is 30.4 Å².